The summed E-state index contributed by atoms with van der Waals surface area (Å²) in [6.07, 6.45) is -0.133. The quantitative estimate of drug-likeness (QED) is 0.858. The summed E-state index contributed by atoms with van der Waals surface area (Å²) in [7, 11) is 2.81. The molecule has 0 radical (unpaired) electrons. The average molecular weight is 292 g/mol. The normalized spacial score (nSPS) is 11.4. The van der Waals surface area contributed by atoms with Gasteiger partial charge in [-0.15, -0.1) is 0 Å². The topological polar surface area (TPSA) is 72.5 Å². The van der Waals surface area contributed by atoms with Crippen LogP contribution in [0.5, 0.6) is 5.75 Å². The van der Waals surface area contributed by atoms with Crippen molar-refractivity contribution in [3.63, 3.8) is 0 Å². The molecule has 18 heavy (non-hydrogen) atoms. The van der Waals surface area contributed by atoms with Gasteiger partial charge in [0, 0.05) is 17.7 Å². The number of amides is 1. The highest BCUT2D eigenvalue weighted by molar-refractivity contribution is 8.13. The van der Waals surface area contributed by atoms with Crippen molar-refractivity contribution in [2.45, 2.75) is 24.8 Å². The molecule has 0 saturated heterocycles. The fraction of sp³-hybridized carbons (Fsp3) is 0.364. The third-order valence-corrected chi connectivity index (χ3v) is 3.42. The van der Waals surface area contributed by atoms with Crippen molar-refractivity contribution >= 4 is 25.6 Å². The molecule has 0 aliphatic heterocycles. The molecule has 0 fully saturated rings. The van der Waals surface area contributed by atoms with Gasteiger partial charge in [0.05, 0.1) is 16.6 Å². The minimum atomic E-state index is -3.88. The van der Waals surface area contributed by atoms with Crippen molar-refractivity contribution in [2.75, 3.05) is 7.05 Å². The highest BCUT2D eigenvalue weighted by Crippen LogP contribution is 2.25. The van der Waals surface area contributed by atoms with Crippen LogP contribution < -0.4 is 10.1 Å². The maximum atomic E-state index is 11.7. The van der Waals surface area contributed by atoms with Crippen LogP contribution >= 0.6 is 10.7 Å². The lowest BCUT2D eigenvalue weighted by Gasteiger charge is -2.14. The van der Waals surface area contributed by atoms with E-state index in [1.54, 1.807) is 13.8 Å². The Morgan fingerprint density at radius 3 is 2.44 bits per heavy atom. The predicted molar refractivity (Wildman–Crippen MR) is 68.6 cm³/mol. The highest BCUT2D eigenvalue weighted by Gasteiger charge is 2.18. The molecule has 0 atom stereocenters. The third-order valence-electron chi connectivity index (χ3n) is 2.07. The van der Waals surface area contributed by atoms with Gasteiger partial charge in [-0.3, -0.25) is 4.79 Å². The lowest BCUT2D eigenvalue weighted by atomic mass is 10.2. The fourth-order valence-electron chi connectivity index (χ4n) is 1.33. The predicted octanol–water partition coefficient (Wildman–Crippen LogP) is 1.76. The van der Waals surface area contributed by atoms with Crippen molar-refractivity contribution in [3.8, 4) is 5.75 Å². The summed E-state index contributed by atoms with van der Waals surface area (Å²) in [5, 5.41) is 2.42. The van der Waals surface area contributed by atoms with Gasteiger partial charge in [-0.05, 0) is 32.0 Å². The summed E-state index contributed by atoms with van der Waals surface area (Å²) in [6.45, 7) is 3.61. The van der Waals surface area contributed by atoms with Crippen LogP contribution in [0.4, 0.5) is 0 Å². The van der Waals surface area contributed by atoms with Gasteiger partial charge in [0.1, 0.15) is 5.75 Å². The maximum absolute atomic E-state index is 11.7. The van der Waals surface area contributed by atoms with Gasteiger partial charge in [0.15, 0.2) is 0 Å². The van der Waals surface area contributed by atoms with Gasteiger partial charge >= 0.3 is 0 Å². The second kappa shape index (κ2) is 5.58. The summed E-state index contributed by atoms with van der Waals surface area (Å²) in [5.41, 5.74) is 0.132. The number of carbonyl (C=O) groups excluding carboxylic acids is 1. The van der Waals surface area contributed by atoms with E-state index in [0.29, 0.717) is 5.75 Å². The van der Waals surface area contributed by atoms with Gasteiger partial charge in [-0.2, -0.15) is 0 Å². The monoisotopic (exact) mass is 291 g/mol. The van der Waals surface area contributed by atoms with Crippen LogP contribution in [0.3, 0.4) is 0 Å². The molecule has 0 heterocycles. The lowest BCUT2D eigenvalue weighted by molar-refractivity contribution is 0.0957. The number of ether oxygens (including phenoxy) is 1. The molecular weight excluding hydrogens is 278 g/mol. The van der Waals surface area contributed by atoms with Crippen molar-refractivity contribution in [2.24, 2.45) is 0 Å². The zero-order chi connectivity index (χ0) is 13.9. The van der Waals surface area contributed by atoms with Crippen LogP contribution in [-0.4, -0.2) is 27.5 Å². The van der Waals surface area contributed by atoms with Crippen molar-refractivity contribution in [3.05, 3.63) is 23.8 Å². The number of nitrogens with one attached hydrogen (secondary N) is 1. The molecule has 0 aromatic heterocycles. The van der Waals surface area contributed by atoms with E-state index < -0.39 is 15.0 Å². The van der Waals surface area contributed by atoms with Gasteiger partial charge < -0.3 is 10.1 Å². The molecule has 0 saturated carbocycles. The summed E-state index contributed by atoms with van der Waals surface area (Å²) in [4.78, 5) is 11.5. The zero-order valence-electron chi connectivity index (χ0n) is 10.2. The number of benzene rings is 1. The Labute approximate surface area is 111 Å². The third kappa shape index (κ3) is 3.61. The Bertz CT molecular complexity index is 554. The van der Waals surface area contributed by atoms with Gasteiger partial charge in [-0.1, -0.05) is 0 Å². The van der Waals surface area contributed by atoms with Crippen molar-refractivity contribution < 1.29 is 17.9 Å². The summed E-state index contributed by atoms with van der Waals surface area (Å²) >= 11 is 0. The molecule has 1 N–H and O–H groups in total. The Morgan fingerprint density at radius 1 is 1.39 bits per heavy atom. The van der Waals surface area contributed by atoms with Crippen LogP contribution in [0.1, 0.15) is 24.2 Å². The average Bonchev–Trinajstić information content (AvgIpc) is 2.26. The molecule has 0 aliphatic carbocycles. The molecule has 0 bridgehead atoms. The van der Waals surface area contributed by atoms with E-state index in [1.807, 2.05) is 0 Å². The first-order valence-electron chi connectivity index (χ1n) is 5.23. The molecule has 1 aromatic carbocycles. The van der Waals surface area contributed by atoms with E-state index in [1.165, 1.54) is 25.2 Å². The Balaban J connectivity index is 3.34. The lowest BCUT2D eigenvalue weighted by Crippen LogP contribution is -2.20. The SMILES string of the molecule is CNC(=O)c1cc(S(=O)(=O)Cl)ccc1OC(C)C. The molecule has 1 amide bonds. The van der Waals surface area contributed by atoms with Crippen LogP contribution in [0.15, 0.2) is 23.1 Å². The first kappa shape index (κ1) is 14.8. The van der Waals surface area contributed by atoms with E-state index in [0.717, 1.165) is 0 Å². The van der Waals surface area contributed by atoms with Gasteiger partial charge in [-0.25, -0.2) is 8.42 Å². The minimum Gasteiger partial charge on any atom is -0.490 e. The summed E-state index contributed by atoms with van der Waals surface area (Å²) < 4.78 is 27.9. The minimum absolute atomic E-state index is 0.132. The van der Waals surface area contributed by atoms with Crippen LogP contribution in [0, 0.1) is 0 Å². The first-order chi connectivity index (χ1) is 8.25. The Morgan fingerprint density at radius 2 is 2.00 bits per heavy atom. The van der Waals surface area contributed by atoms with E-state index in [9.17, 15) is 13.2 Å². The van der Waals surface area contributed by atoms with E-state index in [4.69, 9.17) is 15.4 Å². The standard InChI is InChI=1S/C11H14ClNO4S/c1-7(2)17-10-5-4-8(18(12,15)16)6-9(10)11(14)13-3/h4-7H,1-3H3,(H,13,14). The van der Waals surface area contributed by atoms with E-state index >= 15 is 0 Å². The van der Waals surface area contributed by atoms with Gasteiger partial charge in [0.25, 0.3) is 15.0 Å². The van der Waals surface area contributed by atoms with E-state index in [-0.39, 0.29) is 16.6 Å². The largest absolute Gasteiger partial charge is 0.490 e. The smallest absolute Gasteiger partial charge is 0.261 e. The Hall–Kier alpha value is -1.27. The van der Waals surface area contributed by atoms with Crippen LogP contribution in [-0.2, 0) is 9.05 Å². The molecule has 1 aromatic rings. The number of carbonyl (C=O) groups is 1. The summed E-state index contributed by atoms with van der Waals surface area (Å²) in [6, 6.07) is 3.91. The van der Waals surface area contributed by atoms with Crippen LogP contribution in [0.25, 0.3) is 0 Å². The summed E-state index contributed by atoms with van der Waals surface area (Å²) in [5.74, 6) is -0.124. The molecule has 100 valence electrons. The van der Waals surface area contributed by atoms with Crippen molar-refractivity contribution in [1.82, 2.24) is 5.32 Å². The van der Waals surface area contributed by atoms with E-state index in [2.05, 4.69) is 5.32 Å². The van der Waals surface area contributed by atoms with Crippen LogP contribution in [0.2, 0.25) is 0 Å². The molecular formula is C11H14ClNO4S. The number of hydrogen-bond donors (Lipinski definition) is 1. The first-order valence-corrected chi connectivity index (χ1v) is 7.54. The molecule has 7 heteroatoms. The second-order valence-electron chi connectivity index (χ2n) is 3.84. The maximum Gasteiger partial charge on any atom is 0.261 e. The molecule has 0 spiro atoms. The highest BCUT2D eigenvalue weighted by atomic mass is 35.7. The number of rotatable bonds is 4. The van der Waals surface area contributed by atoms with Crippen molar-refractivity contribution in [1.29, 1.82) is 0 Å². The second-order valence-corrected chi connectivity index (χ2v) is 6.41. The Kier molecular flexibility index (Phi) is 4.59. The molecule has 0 unspecified atom stereocenters. The molecule has 5 nitrogen and oxygen atoms in total. The number of halogens is 1. The van der Waals surface area contributed by atoms with Gasteiger partial charge in [0.2, 0.25) is 0 Å². The fourth-order valence-corrected chi connectivity index (χ4v) is 2.11. The number of hydrogen-bond acceptors (Lipinski definition) is 4. The molecule has 1 rings (SSSR count). The molecule has 0 aliphatic rings. The zero-order valence-corrected chi connectivity index (χ0v) is 11.8.